The van der Waals surface area contributed by atoms with E-state index in [9.17, 15) is 9.59 Å². The van der Waals surface area contributed by atoms with E-state index in [1.165, 1.54) is 17.3 Å². The molecule has 0 N–H and O–H groups in total. The number of rotatable bonds is 6. The topological polar surface area (TPSA) is 57.9 Å². The zero-order chi connectivity index (χ0) is 23.7. The van der Waals surface area contributed by atoms with Crippen molar-refractivity contribution in [1.82, 2.24) is 14.3 Å². The molecule has 3 aromatic rings. The van der Waals surface area contributed by atoms with Crippen LogP contribution in [0.5, 0.6) is 0 Å². The standard InChI is InChI=1S/C26H26N4O2S2/c1-18-9-7-15-29-22(18)27-23(28-13-5-6-14-28)20(24(29)31)17-21-25(32)30(26(33)34-21)16-8-12-19-10-3-2-4-11-19/h2-4,7,9-11,15,17H,5-6,8,12-14,16H2,1H3/b21-17-. The maximum Gasteiger partial charge on any atom is 0.267 e. The summed E-state index contributed by atoms with van der Waals surface area (Å²) in [6.45, 7) is 4.23. The van der Waals surface area contributed by atoms with Gasteiger partial charge in [0.25, 0.3) is 11.5 Å². The van der Waals surface area contributed by atoms with Gasteiger partial charge < -0.3 is 4.90 Å². The molecule has 2 fully saturated rings. The molecule has 2 aliphatic rings. The smallest absolute Gasteiger partial charge is 0.267 e. The Morgan fingerprint density at radius 3 is 2.62 bits per heavy atom. The molecule has 0 saturated carbocycles. The van der Waals surface area contributed by atoms with Crippen LogP contribution in [0.4, 0.5) is 5.82 Å². The van der Waals surface area contributed by atoms with Gasteiger partial charge >= 0.3 is 0 Å². The van der Waals surface area contributed by atoms with Crippen molar-refractivity contribution >= 4 is 51.7 Å². The number of pyridine rings is 1. The molecule has 1 aromatic carbocycles. The van der Waals surface area contributed by atoms with Gasteiger partial charge in [-0.15, -0.1) is 0 Å². The van der Waals surface area contributed by atoms with E-state index in [0.29, 0.717) is 32.8 Å². The fourth-order valence-electron chi connectivity index (χ4n) is 4.51. The van der Waals surface area contributed by atoms with E-state index >= 15 is 0 Å². The van der Waals surface area contributed by atoms with Crippen LogP contribution >= 0.6 is 24.0 Å². The third-order valence-electron chi connectivity index (χ3n) is 6.31. The number of thiocarbonyl (C=S) groups is 1. The summed E-state index contributed by atoms with van der Waals surface area (Å²) in [6, 6.07) is 14.0. The third kappa shape index (κ3) is 4.40. The quantitative estimate of drug-likeness (QED) is 0.376. The average Bonchev–Trinajstić information content (AvgIpc) is 3.46. The number of nitrogens with zero attached hydrogens (tertiary/aromatic N) is 4. The van der Waals surface area contributed by atoms with Gasteiger partial charge in [0.2, 0.25) is 0 Å². The first-order valence-electron chi connectivity index (χ1n) is 11.6. The lowest BCUT2D eigenvalue weighted by molar-refractivity contribution is -0.122. The van der Waals surface area contributed by atoms with Crippen molar-refractivity contribution in [2.24, 2.45) is 0 Å². The van der Waals surface area contributed by atoms with E-state index in [1.54, 1.807) is 21.6 Å². The highest BCUT2D eigenvalue weighted by Crippen LogP contribution is 2.34. The fourth-order valence-corrected chi connectivity index (χ4v) is 5.80. The van der Waals surface area contributed by atoms with Gasteiger partial charge in [0, 0.05) is 25.8 Å². The molecule has 2 saturated heterocycles. The van der Waals surface area contributed by atoms with Gasteiger partial charge in [0.15, 0.2) is 0 Å². The zero-order valence-electron chi connectivity index (χ0n) is 19.1. The molecule has 0 aliphatic carbocycles. The van der Waals surface area contributed by atoms with Gasteiger partial charge in [-0.2, -0.15) is 0 Å². The molecule has 5 rings (SSSR count). The van der Waals surface area contributed by atoms with E-state index in [2.05, 4.69) is 17.0 Å². The number of fused-ring (bicyclic) bond motifs is 1. The Morgan fingerprint density at radius 2 is 1.85 bits per heavy atom. The predicted octanol–water partition coefficient (Wildman–Crippen LogP) is 4.44. The van der Waals surface area contributed by atoms with Crippen molar-refractivity contribution in [1.29, 1.82) is 0 Å². The monoisotopic (exact) mass is 490 g/mol. The van der Waals surface area contributed by atoms with Crippen molar-refractivity contribution < 1.29 is 4.79 Å². The molecule has 2 aromatic heterocycles. The van der Waals surface area contributed by atoms with Crippen LogP contribution in [0.1, 0.15) is 36.0 Å². The van der Waals surface area contributed by atoms with Crippen molar-refractivity contribution in [2.75, 3.05) is 24.5 Å². The second kappa shape index (κ2) is 9.72. The van der Waals surface area contributed by atoms with Crippen LogP contribution < -0.4 is 10.5 Å². The summed E-state index contributed by atoms with van der Waals surface area (Å²) < 4.78 is 2.11. The third-order valence-corrected chi connectivity index (χ3v) is 7.69. The highest BCUT2D eigenvalue weighted by molar-refractivity contribution is 8.26. The molecule has 174 valence electrons. The number of anilines is 1. The predicted molar refractivity (Wildman–Crippen MR) is 142 cm³/mol. The van der Waals surface area contributed by atoms with Crippen LogP contribution in [-0.2, 0) is 11.2 Å². The Kier molecular flexibility index (Phi) is 6.52. The molecule has 0 radical (unpaired) electrons. The summed E-state index contributed by atoms with van der Waals surface area (Å²) in [4.78, 5) is 35.9. The summed E-state index contributed by atoms with van der Waals surface area (Å²) in [5.41, 5.74) is 3.13. The first-order chi connectivity index (χ1) is 16.5. The summed E-state index contributed by atoms with van der Waals surface area (Å²) in [5, 5.41) is 0. The van der Waals surface area contributed by atoms with Crippen LogP contribution in [0.25, 0.3) is 11.7 Å². The fraction of sp³-hybridized carbons (Fsp3) is 0.308. The second-order valence-electron chi connectivity index (χ2n) is 8.66. The number of benzene rings is 1. The molecule has 6 nitrogen and oxygen atoms in total. The molecular weight excluding hydrogens is 464 g/mol. The van der Waals surface area contributed by atoms with Crippen molar-refractivity contribution in [3.8, 4) is 0 Å². The van der Waals surface area contributed by atoms with E-state index in [0.717, 1.165) is 44.3 Å². The molecule has 0 atom stereocenters. The Bertz CT molecular complexity index is 1340. The Labute approximate surface area is 208 Å². The van der Waals surface area contributed by atoms with E-state index < -0.39 is 0 Å². The first-order valence-corrected chi connectivity index (χ1v) is 12.8. The molecule has 1 amide bonds. The van der Waals surface area contributed by atoms with Gasteiger partial charge in [0.1, 0.15) is 15.8 Å². The van der Waals surface area contributed by atoms with E-state index in [-0.39, 0.29) is 11.5 Å². The SMILES string of the molecule is Cc1cccn2c(=O)c(/C=C3\SC(=S)N(CCCc4ccccc4)C3=O)c(N3CCCC3)nc12. The summed E-state index contributed by atoms with van der Waals surface area (Å²) in [7, 11) is 0. The summed E-state index contributed by atoms with van der Waals surface area (Å²) >= 11 is 6.79. The maximum atomic E-state index is 13.5. The number of aryl methyl sites for hydroxylation is 2. The minimum Gasteiger partial charge on any atom is -0.356 e. The number of carbonyl (C=O) groups excluding carboxylic acids is 1. The van der Waals surface area contributed by atoms with Gasteiger partial charge in [-0.05, 0) is 55.9 Å². The van der Waals surface area contributed by atoms with Crippen LogP contribution in [0, 0.1) is 6.92 Å². The average molecular weight is 491 g/mol. The zero-order valence-corrected chi connectivity index (χ0v) is 20.7. The summed E-state index contributed by atoms with van der Waals surface area (Å²) in [6.07, 6.45) is 7.27. The maximum absolute atomic E-state index is 13.5. The number of amides is 1. The normalized spacial score (nSPS) is 17.5. The van der Waals surface area contributed by atoms with Gasteiger partial charge in [-0.3, -0.25) is 18.9 Å². The Morgan fingerprint density at radius 1 is 1.09 bits per heavy atom. The van der Waals surface area contributed by atoms with Crippen molar-refractivity contribution in [2.45, 2.75) is 32.6 Å². The van der Waals surface area contributed by atoms with E-state index in [1.807, 2.05) is 37.3 Å². The lowest BCUT2D eigenvalue weighted by Crippen LogP contribution is -2.30. The highest BCUT2D eigenvalue weighted by atomic mass is 32.2. The van der Waals surface area contributed by atoms with Gasteiger partial charge in [-0.25, -0.2) is 4.98 Å². The number of thioether (sulfide) groups is 1. The molecule has 2 aliphatic heterocycles. The van der Waals surface area contributed by atoms with E-state index in [4.69, 9.17) is 17.2 Å². The number of carbonyl (C=O) groups is 1. The molecule has 0 unspecified atom stereocenters. The van der Waals surface area contributed by atoms with Crippen LogP contribution in [0.15, 0.2) is 58.4 Å². The molecule has 4 heterocycles. The second-order valence-corrected chi connectivity index (χ2v) is 10.3. The number of hydrogen-bond acceptors (Lipinski definition) is 6. The van der Waals surface area contributed by atoms with Crippen molar-refractivity contribution in [3.63, 3.8) is 0 Å². The highest BCUT2D eigenvalue weighted by Gasteiger charge is 2.32. The largest absolute Gasteiger partial charge is 0.356 e. The van der Waals surface area contributed by atoms with Gasteiger partial charge in [-0.1, -0.05) is 60.4 Å². The van der Waals surface area contributed by atoms with Crippen molar-refractivity contribution in [3.05, 3.63) is 80.6 Å². The molecule has 8 heteroatoms. The van der Waals surface area contributed by atoms with Gasteiger partial charge in [0.05, 0.1) is 10.5 Å². The molecule has 0 bridgehead atoms. The molecule has 0 spiro atoms. The van der Waals surface area contributed by atoms with Crippen LogP contribution in [0.2, 0.25) is 0 Å². The number of hydrogen-bond donors (Lipinski definition) is 0. The van der Waals surface area contributed by atoms with Crippen LogP contribution in [-0.4, -0.2) is 44.1 Å². The summed E-state index contributed by atoms with van der Waals surface area (Å²) in [5.74, 6) is 0.523. The first kappa shape index (κ1) is 22.8. The Hall–Kier alpha value is -2.97. The lowest BCUT2D eigenvalue weighted by atomic mass is 10.1. The molecular formula is C26H26N4O2S2. The minimum absolute atomic E-state index is 0.135. The molecule has 34 heavy (non-hydrogen) atoms. The minimum atomic E-state index is -0.162. The lowest BCUT2D eigenvalue weighted by Gasteiger charge is -2.20. The Balaban J connectivity index is 1.46. The van der Waals surface area contributed by atoms with Crippen LogP contribution in [0.3, 0.4) is 0 Å². The number of aromatic nitrogens is 2.